The minimum absolute atomic E-state index is 0.00743. The highest BCUT2D eigenvalue weighted by Gasteiger charge is 2.29. The third kappa shape index (κ3) is 3.69. The molecule has 3 aromatic rings. The van der Waals surface area contributed by atoms with E-state index >= 15 is 0 Å². The number of likely N-dealkylation sites (N-methyl/N-ethyl adjacent to an activating group) is 1. The number of hydrogen-bond acceptors (Lipinski definition) is 3. The molecular formula is C23H30N4O2. The van der Waals surface area contributed by atoms with Gasteiger partial charge >= 0.3 is 0 Å². The maximum Gasteiger partial charge on any atom is 0.253 e. The van der Waals surface area contributed by atoms with Crippen LogP contribution in [0.3, 0.4) is 0 Å². The molecule has 2 N–H and O–H groups in total. The molecule has 1 aliphatic rings. The average molecular weight is 395 g/mol. The monoisotopic (exact) mass is 394 g/mol. The molecule has 0 saturated carbocycles. The minimum Gasteiger partial charge on any atom is -0.383 e. The number of aromatic amines is 2. The van der Waals surface area contributed by atoms with Gasteiger partial charge in [0.2, 0.25) is 0 Å². The lowest BCUT2D eigenvalue weighted by Gasteiger charge is -2.28. The Morgan fingerprint density at radius 3 is 2.90 bits per heavy atom. The Morgan fingerprint density at radius 2 is 2.14 bits per heavy atom. The van der Waals surface area contributed by atoms with Crippen LogP contribution in [0.25, 0.3) is 22.3 Å². The van der Waals surface area contributed by atoms with E-state index in [1.165, 1.54) is 11.3 Å². The van der Waals surface area contributed by atoms with Gasteiger partial charge in [0.15, 0.2) is 0 Å². The topological polar surface area (TPSA) is 74.0 Å². The number of hydrogen-bond donors (Lipinski definition) is 2. The Balaban J connectivity index is 1.63. The second-order valence-corrected chi connectivity index (χ2v) is 9.08. The van der Waals surface area contributed by atoms with Gasteiger partial charge in [-0.25, -0.2) is 0 Å². The number of rotatable bonds is 5. The van der Waals surface area contributed by atoms with Crippen molar-refractivity contribution in [3.05, 3.63) is 41.1 Å². The van der Waals surface area contributed by atoms with Crippen LogP contribution in [0.2, 0.25) is 0 Å². The van der Waals surface area contributed by atoms with Crippen molar-refractivity contribution in [2.75, 3.05) is 20.8 Å². The summed E-state index contributed by atoms with van der Waals surface area (Å²) >= 11 is 0. The standard InChI is InChI=1S/C23H30N4O2/c1-14(13-29-5)27(4)22(28)16-7-6-15-10-19(24-18(15)11-16)21-17-8-9-23(2,3)12-20(17)25-26-21/h6-7,10-11,14,24H,8-9,12-13H2,1-5H3,(H,25,26). The highest BCUT2D eigenvalue weighted by atomic mass is 16.5. The predicted molar refractivity (Wildman–Crippen MR) is 115 cm³/mol. The summed E-state index contributed by atoms with van der Waals surface area (Å²) in [6.07, 6.45) is 3.23. The SMILES string of the molecule is COCC(C)N(C)C(=O)c1ccc2cc(-c3n[nH]c4c3CCC(C)(C)C4)[nH]c2c1. The molecule has 1 aliphatic carbocycles. The first-order valence-electron chi connectivity index (χ1n) is 10.2. The van der Waals surface area contributed by atoms with Crippen molar-refractivity contribution in [2.24, 2.45) is 5.41 Å². The van der Waals surface area contributed by atoms with Gasteiger partial charge < -0.3 is 14.6 Å². The summed E-state index contributed by atoms with van der Waals surface area (Å²) in [5.41, 5.74) is 6.51. The fourth-order valence-electron chi connectivity index (χ4n) is 4.21. The molecule has 6 heteroatoms. The summed E-state index contributed by atoms with van der Waals surface area (Å²) < 4.78 is 5.17. The van der Waals surface area contributed by atoms with Crippen LogP contribution < -0.4 is 0 Å². The Hall–Kier alpha value is -2.60. The summed E-state index contributed by atoms with van der Waals surface area (Å²) in [6.45, 7) is 7.11. The normalized spacial score (nSPS) is 16.6. The van der Waals surface area contributed by atoms with E-state index in [2.05, 4.69) is 35.1 Å². The maximum atomic E-state index is 12.8. The van der Waals surface area contributed by atoms with E-state index in [4.69, 9.17) is 4.74 Å². The van der Waals surface area contributed by atoms with Gasteiger partial charge in [-0.15, -0.1) is 0 Å². The van der Waals surface area contributed by atoms with Gasteiger partial charge in [-0.1, -0.05) is 19.9 Å². The van der Waals surface area contributed by atoms with Gasteiger partial charge in [-0.2, -0.15) is 5.10 Å². The average Bonchev–Trinajstić information content (AvgIpc) is 3.28. The first-order chi connectivity index (χ1) is 13.8. The molecule has 0 radical (unpaired) electrons. The molecule has 4 rings (SSSR count). The first-order valence-corrected chi connectivity index (χ1v) is 10.2. The second kappa shape index (κ2) is 7.34. The number of methoxy groups -OCH3 is 1. The van der Waals surface area contributed by atoms with Gasteiger partial charge in [-0.05, 0) is 49.8 Å². The fourth-order valence-corrected chi connectivity index (χ4v) is 4.21. The number of ether oxygens (including phenoxy) is 1. The molecule has 1 amide bonds. The van der Waals surface area contributed by atoms with Crippen molar-refractivity contribution in [1.29, 1.82) is 0 Å². The molecule has 2 heterocycles. The molecule has 1 aromatic carbocycles. The van der Waals surface area contributed by atoms with Gasteiger partial charge in [0, 0.05) is 41.9 Å². The lowest BCUT2D eigenvalue weighted by molar-refractivity contribution is 0.0633. The van der Waals surface area contributed by atoms with Crippen LogP contribution in [0.4, 0.5) is 0 Å². The summed E-state index contributed by atoms with van der Waals surface area (Å²) in [5.74, 6) is -0.00743. The first kappa shape index (κ1) is 19.7. The lowest BCUT2D eigenvalue weighted by Crippen LogP contribution is -2.37. The van der Waals surface area contributed by atoms with Crippen molar-refractivity contribution in [2.45, 2.75) is 46.1 Å². The fraction of sp³-hybridized carbons (Fsp3) is 0.478. The molecule has 0 saturated heterocycles. The molecule has 0 bridgehead atoms. The van der Waals surface area contributed by atoms with Gasteiger partial charge in [0.25, 0.3) is 5.91 Å². The maximum absolute atomic E-state index is 12.8. The Morgan fingerprint density at radius 1 is 1.34 bits per heavy atom. The van der Waals surface area contributed by atoms with Crippen LogP contribution in [-0.2, 0) is 17.6 Å². The van der Waals surface area contributed by atoms with Crippen molar-refractivity contribution < 1.29 is 9.53 Å². The summed E-state index contributed by atoms with van der Waals surface area (Å²) in [6, 6.07) is 7.96. The van der Waals surface area contributed by atoms with Crippen molar-refractivity contribution in [3.63, 3.8) is 0 Å². The Labute approximate surface area is 171 Å². The van der Waals surface area contributed by atoms with Crippen molar-refractivity contribution in [1.82, 2.24) is 20.1 Å². The molecule has 0 aliphatic heterocycles. The number of benzene rings is 1. The van der Waals surface area contributed by atoms with Gasteiger partial charge in [0.05, 0.1) is 18.3 Å². The third-order valence-electron chi connectivity index (χ3n) is 6.17. The second-order valence-electron chi connectivity index (χ2n) is 9.08. The number of carbonyl (C=O) groups excluding carboxylic acids is 1. The minimum atomic E-state index is -0.00743. The van der Waals surface area contributed by atoms with E-state index < -0.39 is 0 Å². The van der Waals surface area contributed by atoms with Crippen LogP contribution in [0.15, 0.2) is 24.3 Å². The number of carbonyl (C=O) groups is 1. The summed E-state index contributed by atoms with van der Waals surface area (Å²) in [7, 11) is 3.46. The molecule has 0 spiro atoms. The molecule has 154 valence electrons. The molecule has 6 nitrogen and oxygen atoms in total. The van der Waals surface area contributed by atoms with Crippen LogP contribution in [0, 0.1) is 5.41 Å². The number of fused-ring (bicyclic) bond motifs is 2. The van der Waals surface area contributed by atoms with E-state index in [1.807, 2.05) is 32.2 Å². The Bertz CT molecular complexity index is 1050. The van der Waals surface area contributed by atoms with E-state index in [9.17, 15) is 4.79 Å². The Kier molecular flexibility index (Phi) is 4.99. The zero-order valence-electron chi connectivity index (χ0n) is 17.9. The number of aromatic nitrogens is 3. The molecule has 29 heavy (non-hydrogen) atoms. The molecular weight excluding hydrogens is 364 g/mol. The predicted octanol–water partition coefficient (Wildman–Crippen LogP) is 4.18. The van der Waals surface area contributed by atoms with Crippen LogP contribution in [0.5, 0.6) is 0 Å². The van der Waals surface area contributed by atoms with Crippen LogP contribution >= 0.6 is 0 Å². The number of nitrogens with one attached hydrogen (secondary N) is 2. The third-order valence-corrected chi connectivity index (χ3v) is 6.17. The lowest BCUT2D eigenvalue weighted by atomic mass is 9.76. The van der Waals surface area contributed by atoms with E-state index in [1.54, 1.807) is 12.0 Å². The highest BCUT2D eigenvalue weighted by molar-refractivity contribution is 5.98. The summed E-state index contributed by atoms with van der Waals surface area (Å²) in [4.78, 5) is 18.0. The molecule has 1 atom stereocenters. The van der Waals surface area contributed by atoms with Gasteiger partial charge in [0.1, 0.15) is 5.69 Å². The number of nitrogens with zero attached hydrogens (tertiary/aromatic N) is 2. The van der Waals surface area contributed by atoms with Gasteiger partial charge in [-0.3, -0.25) is 9.89 Å². The molecule has 0 fully saturated rings. The van der Waals surface area contributed by atoms with E-state index in [0.717, 1.165) is 41.6 Å². The zero-order valence-corrected chi connectivity index (χ0v) is 17.9. The van der Waals surface area contributed by atoms with E-state index in [0.29, 0.717) is 17.6 Å². The van der Waals surface area contributed by atoms with Crippen LogP contribution in [0.1, 0.15) is 48.8 Å². The van der Waals surface area contributed by atoms with Crippen LogP contribution in [-0.4, -0.2) is 52.8 Å². The van der Waals surface area contributed by atoms with Crippen molar-refractivity contribution in [3.8, 4) is 11.4 Å². The number of amides is 1. The highest BCUT2D eigenvalue weighted by Crippen LogP contribution is 2.38. The zero-order chi connectivity index (χ0) is 20.8. The van der Waals surface area contributed by atoms with Crippen molar-refractivity contribution >= 4 is 16.8 Å². The molecule has 2 aromatic heterocycles. The quantitative estimate of drug-likeness (QED) is 0.682. The molecule has 1 unspecified atom stereocenters. The number of H-pyrrole nitrogens is 2. The summed E-state index contributed by atoms with van der Waals surface area (Å²) in [5, 5.41) is 8.94. The smallest absolute Gasteiger partial charge is 0.253 e. The van der Waals surface area contributed by atoms with E-state index in [-0.39, 0.29) is 11.9 Å². The largest absolute Gasteiger partial charge is 0.383 e.